The van der Waals surface area contributed by atoms with Gasteiger partial charge in [-0.2, -0.15) is 5.10 Å². The molecule has 0 aliphatic carbocycles. The highest BCUT2D eigenvalue weighted by Crippen LogP contribution is 2.14. The van der Waals surface area contributed by atoms with Crippen LogP contribution in [0.1, 0.15) is 27.2 Å². The van der Waals surface area contributed by atoms with Crippen molar-refractivity contribution >= 4 is 21.9 Å². The summed E-state index contributed by atoms with van der Waals surface area (Å²) in [5.74, 6) is -0.836. The third kappa shape index (κ3) is 4.12. The molecule has 6 heteroatoms. The number of nitrogens with one attached hydrogen (secondary N) is 1. The third-order valence-electron chi connectivity index (χ3n) is 2.52. The maximum Gasteiger partial charge on any atom is 0.323 e. The van der Waals surface area contributed by atoms with Crippen LogP contribution in [0.3, 0.4) is 0 Å². The molecule has 1 aromatic rings. The lowest BCUT2D eigenvalue weighted by molar-refractivity contribution is -0.144. The van der Waals surface area contributed by atoms with Crippen LogP contribution in [-0.2, 0) is 11.3 Å². The van der Waals surface area contributed by atoms with Gasteiger partial charge in [0.25, 0.3) is 0 Å². The minimum Gasteiger partial charge on any atom is -0.480 e. The molecule has 0 spiro atoms. The number of rotatable bonds is 6. The van der Waals surface area contributed by atoms with Crippen molar-refractivity contribution in [3.63, 3.8) is 0 Å². The normalized spacial score (nSPS) is 14.9. The summed E-state index contributed by atoms with van der Waals surface area (Å²) in [7, 11) is 0. The fourth-order valence-electron chi connectivity index (χ4n) is 1.68. The molecule has 5 nitrogen and oxygen atoms in total. The van der Waals surface area contributed by atoms with Crippen LogP contribution in [0.15, 0.2) is 16.9 Å². The van der Waals surface area contributed by atoms with E-state index in [2.05, 4.69) is 26.3 Å². The Morgan fingerprint density at radius 2 is 2.35 bits per heavy atom. The summed E-state index contributed by atoms with van der Waals surface area (Å²) in [6.45, 7) is 6.14. The van der Waals surface area contributed by atoms with Crippen molar-refractivity contribution in [1.29, 1.82) is 0 Å². The van der Waals surface area contributed by atoms with E-state index in [4.69, 9.17) is 0 Å². The van der Waals surface area contributed by atoms with Crippen LogP contribution in [0.5, 0.6) is 0 Å². The highest BCUT2D eigenvalue weighted by molar-refractivity contribution is 9.10. The second kappa shape index (κ2) is 5.64. The minimum absolute atomic E-state index is 0.125. The van der Waals surface area contributed by atoms with Gasteiger partial charge >= 0.3 is 5.97 Å². The summed E-state index contributed by atoms with van der Waals surface area (Å²) in [5.41, 5.74) is -0.924. The molecule has 1 atom stereocenters. The van der Waals surface area contributed by atoms with Gasteiger partial charge in [0.2, 0.25) is 0 Å². The number of carbonyl (C=O) groups is 1. The topological polar surface area (TPSA) is 67.2 Å². The molecule has 1 heterocycles. The number of halogens is 1. The second-order valence-corrected chi connectivity index (χ2v) is 5.52. The smallest absolute Gasteiger partial charge is 0.323 e. The Kier molecular flexibility index (Phi) is 4.70. The van der Waals surface area contributed by atoms with E-state index in [0.29, 0.717) is 13.0 Å². The van der Waals surface area contributed by atoms with Gasteiger partial charge in [-0.05, 0) is 43.1 Å². The summed E-state index contributed by atoms with van der Waals surface area (Å²) in [5, 5.41) is 16.4. The van der Waals surface area contributed by atoms with Gasteiger partial charge in [-0.3, -0.25) is 14.8 Å². The van der Waals surface area contributed by atoms with E-state index in [1.165, 1.54) is 0 Å². The standard InChI is InChI=1S/C11H18BrN3O2/c1-8(2)14-11(3,10(16)17)4-5-15-7-9(12)6-13-15/h6-8,14H,4-5H2,1-3H3,(H,16,17). The highest BCUT2D eigenvalue weighted by atomic mass is 79.9. The van der Waals surface area contributed by atoms with Crippen molar-refractivity contribution in [1.82, 2.24) is 15.1 Å². The molecule has 0 saturated carbocycles. The number of aliphatic carboxylic acids is 1. The van der Waals surface area contributed by atoms with Gasteiger partial charge < -0.3 is 5.11 Å². The molecular weight excluding hydrogens is 286 g/mol. The zero-order chi connectivity index (χ0) is 13.1. The molecule has 96 valence electrons. The van der Waals surface area contributed by atoms with Crippen molar-refractivity contribution < 1.29 is 9.90 Å². The molecule has 0 aliphatic rings. The Bertz CT molecular complexity index is 392. The lowest BCUT2D eigenvalue weighted by Gasteiger charge is -2.28. The van der Waals surface area contributed by atoms with E-state index in [1.807, 2.05) is 20.0 Å². The first-order valence-corrected chi connectivity index (χ1v) is 6.32. The monoisotopic (exact) mass is 303 g/mol. The van der Waals surface area contributed by atoms with Gasteiger partial charge in [0.1, 0.15) is 5.54 Å². The number of carboxylic acid groups (broad SMARTS) is 1. The van der Waals surface area contributed by atoms with Crippen LogP contribution >= 0.6 is 15.9 Å². The molecule has 0 aromatic carbocycles. The van der Waals surface area contributed by atoms with E-state index < -0.39 is 11.5 Å². The van der Waals surface area contributed by atoms with E-state index in [9.17, 15) is 9.90 Å². The molecule has 17 heavy (non-hydrogen) atoms. The van der Waals surface area contributed by atoms with Gasteiger partial charge in [-0.25, -0.2) is 0 Å². The van der Waals surface area contributed by atoms with Gasteiger partial charge in [0.05, 0.1) is 10.7 Å². The van der Waals surface area contributed by atoms with Crippen LogP contribution in [0.25, 0.3) is 0 Å². The molecular formula is C11H18BrN3O2. The van der Waals surface area contributed by atoms with Crippen molar-refractivity contribution in [2.24, 2.45) is 0 Å². The van der Waals surface area contributed by atoms with Crippen molar-refractivity contribution in [2.45, 2.75) is 45.3 Å². The number of aromatic nitrogens is 2. The average Bonchev–Trinajstić information content (AvgIpc) is 2.60. The van der Waals surface area contributed by atoms with Crippen molar-refractivity contribution in [2.75, 3.05) is 0 Å². The number of hydrogen-bond acceptors (Lipinski definition) is 3. The fraction of sp³-hybridized carbons (Fsp3) is 0.636. The molecule has 0 aliphatic heterocycles. The molecule has 0 saturated heterocycles. The van der Waals surface area contributed by atoms with Gasteiger partial charge in [0, 0.05) is 18.8 Å². The minimum atomic E-state index is -0.924. The number of nitrogens with zero attached hydrogens (tertiary/aromatic N) is 2. The second-order valence-electron chi connectivity index (χ2n) is 4.61. The SMILES string of the molecule is CC(C)NC(C)(CCn1cc(Br)cn1)C(=O)O. The van der Waals surface area contributed by atoms with Gasteiger partial charge in [0.15, 0.2) is 0 Å². The summed E-state index contributed by atoms with van der Waals surface area (Å²) in [6.07, 6.45) is 4.00. The van der Waals surface area contributed by atoms with Crippen LogP contribution in [0, 0.1) is 0 Å². The Labute approximate surface area is 109 Å². The van der Waals surface area contributed by atoms with Crippen molar-refractivity contribution in [3.8, 4) is 0 Å². The summed E-state index contributed by atoms with van der Waals surface area (Å²) in [6, 6.07) is 0.125. The van der Waals surface area contributed by atoms with E-state index >= 15 is 0 Å². The Morgan fingerprint density at radius 3 is 2.76 bits per heavy atom. The zero-order valence-corrected chi connectivity index (χ0v) is 11.9. The predicted molar refractivity (Wildman–Crippen MR) is 68.9 cm³/mol. The summed E-state index contributed by atoms with van der Waals surface area (Å²) < 4.78 is 2.62. The van der Waals surface area contributed by atoms with E-state index in [-0.39, 0.29) is 6.04 Å². The molecule has 1 rings (SSSR count). The highest BCUT2D eigenvalue weighted by Gasteiger charge is 2.33. The number of aryl methyl sites for hydroxylation is 1. The maximum atomic E-state index is 11.3. The van der Waals surface area contributed by atoms with Crippen LogP contribution in [0.2, 0.25) is 0 Å². The van der Waals surface area contributed by atoms with Crippen LogP contribution < -0.4 is 5.32 Å². The molecule has 0 bridgehead atoms. The average molecular weight is 304 g/mol. The van der Waals surface area contributed by atoms with Gasteiger partial charge in [-0.1, -0.05) is 0 Å². The Balaban J connectivity index is 2.64. The molecule has 0 fully saturated rings. The molecule has 0 amide bonds. The Hall–Kier alpha value is -0.880. The fourth-order valence-corrected chi connectivity index (χ4v) is 2.00. The zero-order valence-electron chi connectivity index (χ0n) is 10.3. The largest absolute Gasteiger partial charge is 0.480 e. The van der Waals surface area contributed by atoms with Crippen LogP contribution in [-0.4, -0.2) is 32.4 Å². The first kappa shape index (κ1) is 14.2. The molecule has 0 radical (unpaired) electrons. The first-order valence-electron chi connectivity index (χ1n) is 5.52. The molecule has 1 aromatic heterocycles. The molecule has 2 N–H and O–H groups in total. The molecule has 1 unspecified atom stereocenters. The van der Waals surface area contributed by atoms with E-state index in [1.54, 1.807) is 17.8 Å². The summed E-state index contributed by atoms with van der Waals surface area (Å²) in [4.78, 5) is 11.3. The Morgan fingerprint density at radius 1 is 1.71 bits per heavy atom. The maximum absolute atomic E-state index is 11.3. The number of carboxylic acids is 1. The van der Waals surface area contributed by atoms with Gasteiger partial charge in [-0.15, -0.1) is 0 Å². The van der Waals surface area contributed by atoms with E-state index in [0.717, 1.165) is 4.47 Å². The lowest BCUT2D eigenvalue weighted by Crippen LogP contribution is -2.52. The quantitative estimate of drug-likeness (QED) is 0.842. The summed E-state index contributed by atoms with van der Waals surface area (Å²) >= 11 is 3.31. The lowest BCUT2D eigenvalue weighted by atomic mass is 9.97. The first-order chi connectivity index (χ1) is 7.83. The predicted octanol–water partition coefficient (Wildman–Crippen LogP) is 1.88. The van der Waals surface area contributed by atoms with Crippen molar-refractivity contribution in [3.05, 3.63) is 16.9 Å². The third-order valence-corrected chi connectivity index (χ3v) is 2.93. The van der Waals surface area contributed by atoms with Crippen LogP contribution in [0.4, 0.5) is 0 Å². The number of hydrogen-bond donors (Lipinski definition) is 2.